The Hall–Kier alpha value is -0.750. The van der Waals surface area contributed by atoms with Crippen LogP contribution in [0, 0.1) is 0 Å². The van der Waals surface area contributed by atoms with Crippen molar-refractivity contribution < 1.29 is 18.3 Å². The van der Waals surface area contributed by atoms with Crippen LogP contribution in [0.2, 0.25) is 0 Å². The molecule has 0 fully saturated rings. The number of carbonyl (C=O) groups excluding carboxylic acids is 1. The zero-order valence-corrected chi connectivity index (χ0v) is 9.38. The molecule has 0 unspecified atom stereocenters. The second kappa shape index (κ2) is 10.8. The number of nitrogens with two attached hydrogens (primary N) is 1. The van der Waals surface area contributed by atoms with Gasteiger partial charge in [0.2, 0.25) is 5.91 Å². The normalized spacial score (nSPS) is 10.8. The molecule has 0 spiro atoms. The summed E-state index contributed by atoms with van der Waals surface area (Å²) in [6.07, 6.45) is 0.666. The summed E-state index contributed by atoms with van der Waals surface area (Å²) < 4.78 is 27.9. The topological polar surface area (TPSA) is 64.4 Å². The number of alkyl halides is 2. The van der Waals surface area contributed by atoms with Gasteiger partial charge in [-0.25, -0.2) is 8.78 Å². The fraction of sp³-hybridized carbons (Fsp3) is 0.900. The molecule has 96 valence electrons. The molecular weight excluding hydrogens is 218 g/mol. The molecule has 0 bridgehead atoms. The highest BCUT2D eigenvalue weighted by Crippen LogP contribution is 1.98. The molecule has 16 heavy (non-hydrogen) atoms. The molecule has 0 rings (SSSR count). The van der Waals surface area contributed by atoms with Crippen LogP contribution in [0.4, 0.5) is 8.78 Å². The van der Waals surface area contributed by atoms with Crippen LogP contribution in [0.15, 0.2) is 0 Å². The highest BCUT2D eigenvalue weighted by Gasteiger charge is 2.02. The quantitative estimate of drug-likeness (QED) is 0.556. The molecule has 0 aliphatic heterocycles. The number of rotatable bonds is 10. The lowest BCUT2D eigenvalue weighted by Crippen LogP contribution is -2.27. The Morgan fingerprint density at radius 3 is 2.69 bits per heavy atom. The second-order valence-corrected chi connectivity index (χ2v) is 3.42. The lowest BCUT2D eigenvalue weighted by molar-refractivity contribution is -0.121. The van der Waals surface area contributed by atoms with Gasteiger partial charge in [-0.3, -0.25) is 4.79 Å². The SMILES string of the molecule is NCCCCCC(=O)NCCOCC(F)F. The van der Waals surface area contributed by atoms with Crippen LogP contribution < -0.4 is 11.1 Å². The third-order valence-corrected chi connectivity index (χ3v) is 1.92. The molecule has 0 aromatic rings. The Labute approximate surface area is 94.5 Å². The van der Waals surface area contributed by atoms with E-state index in [9.17, 15) is 13.6 Å². The van der Waals surface area contributed by atoms with Gasteiger partial charge >= 0.3 is 0 Å². The summed E-state index contributed by atoms with van der Waals surface area (Å²) in [6, 6.07) is 0. The summed E-state index contributed by atoms with van der Waals surface area (Å²) in [5, 5.41) is 2.59. The predicted molar refractivity (Wildman–Crippen MR) is 57.4 cm³/mol. The Morgan fingerprint density at radius 1 is 1.31 bits per heavy atom. The molecule has 1 amide bonds. The largest absolute Gasteiger partial charge is 0.374 e. The number of hydrogen-bond donors (Lipinski definition) is 2. The Kier molecular flexibility index (Phi) is 10.3. The monoisotopic (exact) mass is 238 g/mol. The van der Waals surface area contributed by atoms with Crippen molar-refractivity contribution in [3.63, 3.8) is 0 Å². The first-order valence-electron chi connectivity index (χ1n) is 5.49. The number of unbranched alkanes of at least 4 members (excludes halogenated alkanes) is 2. The van der Waals surface area contributed by atoms with E-state index in [-0.39, 0.29) is 19.1 Å². The van der Waals surface area contributed by atoms with Crippen LogP contribution in [-0.4, -0.2) is 38.6 Å². The average molecular weight is 238 g/mol. The minimum absolute atomic E-state index is 0.0716. The van der Waals surface area contributed by atoms with E-state index >= 15 is 0 Å². The van der Waals surface area contributed by atoms with Gasteiger partial charge in [-0.2, -0.15) is 0 Å². The third kappa shape index (κ3) is 11.3. The summed E-state index contributed by atoms with van der Waals surface area (Å²) in [4.78, 5) is 11.2. The average Bonchev–Trinajstić information content (AvgIpc) is 2.23. The number of hydrogen-bond acceptors (Lipinski definition) is 3. The van der Waals surface area contributed by atoms with Crippen molar-refractivity contribution in [3.8, 4) is 0 Å². The number of carbonyl (C=O) groups is 1. The van der Waals surface area contributed by atoms with E-state index < -0.39 is 13.0 Å². The fourth-order valence-corrected chi connectivity index (χ4v) is 1.13. The maximum atomic E-state index is 11.6. The van der Waals surface area contributed by atoms with Gasteiger partial charge < -0.3 is 15.8 Å². The van der Waals surface area contributed by atoms with E-state index in [4.69, 9.17) is 5.73 Å². The maximum Gasteiger partial charge on any atom is 0.261 e. The first kappa shape index (κ1) is 15.2. The van der Waals surface area contributed by atoms with Gasteiger partial charge in [0.05, 0.1) is 6.61 Å². The predicted octanol–water partition coefficient (Wildman–Crippen LogP) is 0.903. The standard InChI is InChI=1S/C10H20F2N2O2/c11-9(12)8-16-7-6-14-10(15)4-2-1-3-5-13/h9H,1-8,13H2,(H,14,15). The molecule has 0 radical (unpaired) electrons. The Morgan fingerprint density at radius 2 is 2.06 bits per heavy atom. The van der Waals surface area contributed by atoms with E-state index in [0.717, 1.165) is 19.3 Å². The highest BCUT2D eigenvalue weighted by atomic mass is 19.3. The zero-order valence-electron chi connectivity index (χ0n) is 9.38. The highest BCUT2D eigenvalue weighted by molar-refractivity contribution is 5.75. The van der Waals surface area contributed by atoms with Gasteiger partial charge in [0.25, 0.3) is 6.43 Å². The minimum atomic E-state index is -2.45. The zero-order chi connectivity index (χ0) is 12.2. The first-order chi connectivity index (χ1) is 7.66. The molecule has 0 aliphatic rings. The van der Waals surface area contributed by atoms with Crippen LogP contribution in [0.1, 0.15) is 25.7 Å². The van der Waals surface area contributed by atoms with Crippen molar-refractivity contribution in [1.29, 1.82) is 0 Å². The molecule has 0 saturated carbocycles. The fourth-order valence-electron chi connectivity index (χ4n) is 1.13. The van der Waals surface area contributed by atoms with Crippen molar-refractivity contribution in [1.82, 2.24) is 5.32 Å². The van der Waals surface area contributed by atoms with Crippen LogP contribution in [0.25, 0.3) is 0 Å². The van der Waals surface area contributed by atoms with Crippen LogP contribution in [-0.2, 0) is 9.53 Å². The number of amides is 1. The molecule has 3 N–H and O–H groups in total. The molecule has 0 aromatic carbocycles. The molecule has 0 saturated heterocycles. The Bertz CT molecular complexity index is 180. The van der Waals surface area contributed by atoms with Crippen molar-refractivity contribution in [2.75, 3.05) is 26.3 Å². The first-order valence-corrected chi connectivity index (χ1v) is 5.49. The molecule has 0 atom stereocenters. The molecule has 6 heteroatoms. The lowest BCUT2D eigenvalue weighted by atomic mass is 10.2. The molecule has 4 nitrogen and oxygen atoms in total. The van der Waals surface area contributed by atoms with Crippen LogP contribution >= 0.6 is 0 Å². The van der Waals surface area contributed by atoms with Crippen molar-refractivity contribution >= 4 is 5.91 Å². The van der Waals surface area contributed by atoms with Crippen LogP contribution in [0.5, 0.6) is 0 Å². The van der Waals surface area contributed by atoms with Gasteiger partial charge in [0.15, 0.2) is 0 Å². The second-order valence-electron chi connectivity index (χ2n) is 3.42. The van der Waals surface area contributed by atoms with Gasteiger partial charge in [-0.1, -0.05) is 6.42 Å². The molecule has 0 heterocycles. The molecular formula is C10H20F2N2O2. The summed E-state index contributed by atoms with van der Waals surface area (Å²) in [5.41, 5.74) is 5.30. The summed E-state index contributed by atoms with van der Waals surface area (Å²) in [5.74, 6) is -0.0716. The van der Waals surface area contributed by atoms with E-state index in [1.807, 2.05) is 0 Å². The molecule has 0 aliphatic carbocycles. The van der Waals surface area contributed by atoms with Crippen molar-refractivity contribution in [2.24, 2.45) is 5.73 Å². The van der Waals surface area contributed by atoms with Crippen molar-refractivity contribution in [3.05, 3.63) is 0 Å². The van der Waals surface area contributed by atoms with Gasteiger partial charge in [0.1, 0.15) is 6.61 Å². The minimum Gasteiger partial charge on any atom is -0.374 e. The van der Waals surface area contributed by atoms with E-state index in [0.29, 0.717) is 13.0 Å². The smallest absolute Gasteiger partial charge is 0.261 e. The van der Waals surface area contributed by atoms with E-state index in [1.165, 1.54) is 0 Å². The summed E-state index contributed by atoms with van der Waals surface area (Å²) in [6.45, 7) is 0.469. The summed E-state index contributed by atoms with van der Waals surface area (Å²) >= 11 is 0. The van der Waals surface area contributed by atoms with E-state index in [2.05, 4.69) is 10.1 Å². The number of nitrogens with one attached hydrogen (secondary N) is 1. The van der Waals surface area contributed by atoms with Crippen LogP contribution in [0.3, 0.4) is 0 Å². The maximum absolute atomic E-state index is 11.6. The summed E-state index contributed by atoms with van der Waals surface area (Å²) in [7, 11) is 0. The van der Waals surface area contributed by atoms with Crippen molar-refractivity contribution in [2.45, 2.75) is 32.1 Å². The lowest BCUT2D eigenvalue weighted by Gasteiger charge is -2.05. The van der Waals surface area contributed by atoms with E-state index in [1.54, 1.807) is 0 Å². The number of ether oxygens (including phenoxy) is 1. The third-order valence-electron chi connectivity index (χ3n) is 1.92. The van der Waals surface area contributed by atoms with Gasteiger partial charge in [-0.15, -0.1) is 0 Å². The van der Waals surface area contributed by atoms with Gasteiger partial charge in [0, 0.05) is 13.0 Å². The molecule has 0 aromatic heterocycles. The van der Waals surface area contributed by atoms with Gasteiger partial charge in [-0.05, 0) is 19.4 Å². The Balaban J connectivity index is 3.17. The number of halogens is 2.